The summed E-state index contributed by atoms with van der Waals surface area (Å²) in [4.78, 5) is 23.1. The standard InChI is InChI=1S/C14H18O5/c1-9-7-13(18-3)10(8-12(9)17-2)11(15)5-6-14(16)19-4/h7-8H,5-6H2,1-4H3. The van der Waals surface area contributed by atoms with Crippen molar-refractivity contribution in [2.24, 2.45) is 0 Å². The highest BCUT2D eigenvalue weighted by Crippen LogP contribution is 2.29. The monoisotopic (exact) mass is 266 g/mol. The van der Waals surface area contributed by atoms with Crippen LogP contribution in [0.2, 0.25) is 0 Å². The minimum Gasteiger partial charge on any atom is -0.496 e. The molecule has 0 atom stereocenters. The van der Waals surface area contributed by atoms with Gasteiger partial charge in [0.15, 0.2) is 5.78 Å². The van der Waals surface area contributed by atoms with Gasteiger partial charge in [-0.05, 0) is 24.6 Å². The van der Waals surface area contributed by atoms with Gasteiger partial charge >= 0.3 is 5.97 Å². The lowest BCUT2D eigenvalue weighted by atomic mass is 10.0. The predicted octanol–water partition coefficient (Wildman–Crippen LogP) is 2.15. The van der Waals surface area contributed by atoms with E-state index in [-0.39, 0.29) is 18.6 Å². The highest BCUT2D eigenvalue weighted by Gasteiger charge is 2.16. The lowest BCUT2D eigenvalue weighted by molar-refractivity contribution is -0.140. The molecule has 0 N–H and O–H groups in total. The fourth-order valence-electron chi connectivity index (χ4n) is 1.72. The van der Waals surface area contributed by atoms with E-state index >= 15 is 0 Å². The van der Waals surface area contributed by atoms with Crippen molar-refractivity contribution in [3.8, 4) is 11.5 Å². The van der Waals surface area contributed by atoms with Crippen LogP contribution in [0.4, 0.5) is 0 Å². The molecular formula is C14H18O5. The maximum absolute atomic E-state index is 12.1. The molecule has 0 spiro atoms. The van der Waals surface area contributed by atoms with Crippen LogP contribution < -0.4 is 9.47 Å². The molecular weight excluding hydrogens is 248 g/mol. The second-order valence-corrected chi connectivity index (χ2v) is 4.02. The van der Waals surface area contributed by atoms with Crippen molar-refractivity contribution >= 4 is 11.8 Å². The minimum absolute atomic E-state index is 0.0503. The number of ketones is 1. The summed E-state index contributed by atoms with van der Waals surface area (Å²) >= 11 is 0. The fraction of sp³-hybridized carbons (Fsp3) is 0.429. The Morgan fingerprint density at radius 2 is 1.63 bits per heavy atom. The number of carbonyl (C=O) groups excluding carboxylic acids is 2. The summed E-state index contributed by atoms with van der Waals surface area (Å²) in [6.45, 7) is 1.87. The molecule has 0 unspecified atom stereocenters. The molecule has 5 heteroatoms. The second kappa shape index (κ2) is 6.78. The topological polar surface area (TPSA) is 61.8 Å². The highest BCUT2D eigenvalue weighted by molar-refractivity contribution is 6.00. The zero-order valence-electron chi connectivity index (χ0n) is 11.6. The predicted molar refractivity (Wildman–Crippen MR) is 69.9 cm³/mol. The van der Waals surface area contributed by atoms with Crippen molar-refractivity contribution in [3.05, 3.63) is 23.3 Å². The van der Waals surface area contributed by atoms with Crippen LogP contribution in [0.3, 0.4) is 0 Å². The summed E-state index contributed by atoms with van der Waals surface area (Å²) in [7, 11) is 4.33. The quantitative estimate of drug-likeness (QED) is 0.583. The van der Waals surface area contributed by atoms with E-state index in [0.29, 0.717) is 17.1 Å². The molecule has 1 aromatic rings. The molecule has 0 amide bonds. The van der Waals surface area contributed by atoms with Crippen LogP contribution in [0.15, 0.2) is 12.1 Å². The summed E-state index contributed by atoms with van der Waals surface area (Å²) in [5, 5.41) is 0. The summed E-state index contributed by atoms with van der Waals surface area (Å²) in [5.74, 6) is 0.502. The third kappa shape index (κ3) is 3.71. The van der Waals surface area contributed by atoms with Gasteiger partial charge in [0.2, 0.25) is 0 Å². The third-order valence-electron chi connectivity index (χ3n) is 2.80. The maximum atomic E-state index is 12.1. The zero-order valence-corrected chi connectivity index (χ0v) is 11.6. The lowest BCUT2D eigenvalue weighted by Gasteiger charge is -2.12. The molecule has 0 aliphatic rings. The fourth-order valence-corrected chi connectivity index (χ4v) is 1.72. The van der Waals surface area contributed by atoms with Crippen LogP contribution in [-0.2, 0) is 9.53 Å². The van der Waals surface area contributed by atoms with E-state index < -0.39 is 5.97 Å². The van der Waals surface area contributed by atoms with E-state index in [4.69, 9.17) is 9.47 Å². The molecule has 0 fully saturated rings. The smallest absolute Gasteiger partial charge is 0.305 e. The van der Waals surface area contributed by atoms with Gasteiger partial charge in [-0.15, -0.1) is 0 Å². The molecule has 0 aliphatic heterocycles. The van der Waals surface area contributed by atoms with Crippen LogP contribution in [-0.4, -0.2) is 33.1 Å². The van der Waals surface area contributed by atoms with Crippen molar-refractivity contribution in [2.45, 2.75) is 19.8 Å². The van der Waals surface area contributed by atoms with E-state index in [0.717, 1.165) is 5.56 Å². The summed E-state index contributed by atoms with van der Waals surface area (Å²) < 4.78 is 14.9. The van der Waals surface area contributed by atoms with Crippen molar-refractivity contribution in [1.82, 2.24) is 0 Å². The van der Waals surface area contributed by atoms with Gasteiger partial charge in [-0.1, -0.05) is 0 Å². The Hall–Kier alpha value is -2.04. The molecule has 1 aromatic carbocycles. The number of benzene rings is 1. The van der Waals surface area contributed by atoms with Crippen molar-refractivity contribution < 1.29 is 23.8 Å². The van der Waals surface area contributed by atoms with Crippen LogP contribution >= 0.6 is 0 Å². The molecule has 1 rings (SSSR count). The van der Waals surface area contributed by atoms with E-state index in [9.17, 15) is 9.59 Å². The molecule has 0 saturated heterocycles. The highest BCUT2D eigenvalue weighted by atomic mass is 16.5. The summed E-state index contributed by atoms with van der Waals surface area (Å²) in [6.07, 6.45) is 0.129. The largest absolute Gasteiger partial charge is 0.496 e. The average Bonchev–Trinajstić information content (AvgIpc) is 2.43. The van der Waals surface area contributed by atoms with Crippen LogP contribution in [0.5, 0.6) is 11.5 Å². The number of hydrogen-bond acceptors (Lipinski definition) is 5. The normalized spacial score (nSPS) is 9.89. The Balaban J connectivity index is 2.97. The molecule has 0 heterocycles. The van der Waals surface area contributed by atoms with Gasteiger partial charge in [-0.2, -0.15) is 0 Å². The minimum atomic E-state index is -0.411. The van der Waals surface area contributed by atoms with Gasteiger partial charge in [0.1, 0.15) is 11.5 Å². The van der Waals surface area contributed by atoms with Crippen LogP contribution in [0, 0.1) is 6.92 Å². The number of rotatable bonds is 6. The van der Waals surface area contributed by atoms with Gasteiger partial charge in [-0.3, -0.25) is 9.59 Å². The summed E-state index contributed by atoms with van der Waals surface area (Å²) in [6, 6.07) is 3.37. The first-order chi connectivity index (χ1) is 9.03. The third-order valence-corrected chi connectivity index (χ3v) is 2.80. The maximum Gasteiger partial charge on any atom is 0.305 e. The summed E-state index contributed by atoms with van der Waals surface area (Å²) in [5.41, 5.74) is 1.29. The van der Waals surface area contributed by atoms with Crippen molar-refractivity contribution in [3.63, 3.8) is 0 Å². The number of ether oxygens (including phenoxy) is 3. The number of carbonyl (C=O) groups is 2. The Bertz CT molecular complexity index is 479. The zero-order chi connectivity index (χ0) is 14.4. The van der Waals surface area contributed by atoms with Gasteiger partial charge in [0, 0.05) is 6.42 Å². The van der Waals surface area contributed by atoms with E-state index in [1.807, 2.05) is 6.92 Å². The first-order valence-corrected chi connectivity index (χ1v) is 5.86. The molecule has 0 aliphatic carbocycles. The van der Waals surface area contributed by atoms with Gasteiger partial charge in [-0.25, -0.2) is 0 Å². The van der Waals surface area contributed by atoms with Gasteiger partial charge in [0.25, 0.3) is 0 Å². The first-order valence-electron chi connectivity index (χ1n) is 5.86. The Kier molecular flexibility index (Phi) is 5.36. The van der Waals surface area contributed by atoms with Gasteiger partial charge in [0.05, 0.1) is 33.3 Å². The SMILES string of the molecule is COC(=O)CCC(=O)c1cc(OC)c(C)cc1OC. The molecule has 0 saturated carbocycles. The Morgan fingerprint density at radius 1 is 1.00 bits per heavy atom. The molecule has 19 heavy (non-hydrogen) atoms. The van der Waals surface area contributed by atoms with E-state index in [1.54, 1.807) is 12.1 Å². The van der Waals surface area contributed by atoms with Crippen LogP contribution in [0.25, 0.3) is 0 Å². The number of Topliss-reactive ketones (excluding diaryl/α,β-unsaturated/α-hetero) is 1. The number of aryl methyl sites for hydroxylation is 1. The molecule has 0 bridgehead atoms. The van der Waals surface area contributed by atoms with E-state index in [1.165, 1.54) is 21.3 Å². The van der Waals surface area contributed by atoms with Gasteiger partial charge < -0.3 is 14.2 Å². The molecule has 5 nitrogen and oxygen atoms in total. The number of hydrogen-bond donors (Lipinski definition) is 0. The lowest BCUT2D eigenvalue weighted by Crippen LogP contribution is -2.08. The Morgan fingerprint density at radius 3 is 2.16 bits per heavy atom. The Labute approximate surface area is 112 Å². The van der Waals surface area contributed by atoms with Crippen molar-refractivity contribution in [2.75, 3.05) is 21.3 Å². The molecule has 0 radical (unpaired) electrons. The van der Waals surface area contributed by atoms with Crippen LogP contribution in [0.1, 0.15) is 28.8 Å². The average molecular weight is 266 g/mol. The molecule has 0 aromatic heterocycles. The second-order valence-electron chi connectivity index (χ2n) is 4.02. The van der Waals surface area contributed by atoms with Crippen molar-refractivity contribution in [1.29, 1.82) is 0 Å². The first kappa shape index (κ1) is 15.0. The molecule has 104 valence electrons. The van der Waals surface area contributed by atoms with E-state index in [2.05, 4.69) is 4.74 Å². The number of methoxy groups -OCH3 is 3. The number of esters is 1.